The molecule has 0 unspecified atom stereocenters. The van der Waals surface area contributed by atoms with Crippen molar-refractivity contribution in [3.63, 3.8) is 0 Å². The highest BCUT2D eigenvalue weighted by molar-refractivity contribution is 5.75. The summed E-state index contributed by atoms with van der Waals surface area (Å²) in [5.74, 6) is 1.39. The topological polar surface area (TPSA) is 104 Å². The molecule has 4 rings (SSSR count). The third-order valence-electron chi connectivity index (χ3n) is 3.45. The number of nitrogens with zero attached hydrogens (tertiary/aromatic N) is 5. The van der Waals surface area contributed by atoms with Crippen molar-refractivity contribution in [3.8, 4) is 23.0 Å². The molecule has 23 heavy (non-hydrogen) atoms. The largest absolute Gasteiger partial charge is 0.439 e. The number of aryl methyl sites for hydroxylation is 1. The van der Waals surface area contributed by atoms with Crippen LogP contribution in [0.4, 0.5) is 5.82 Å². The Kier molecular flexibility index (Phi) is 2.94. The molecule has 0 bridgehead atoms. The number of anilines is 1. The van der Waals surface area contributed by atoms with Crippen LogP contribution < -0.4 is 10.5 Å². The first-order chi connectivity index (χ1) is 11.2. The van der Waals surface area contributed by atoms with Crippen LogP contribution in [0, 0.1) is 6.92 Å². The Morgan fingerprint density at radius 2 is 1.96 bits per heavy atom. The Hall–Kier alpha value is -3.42. The molecule has 4 aromatic rings. The predicted octanol–water partition coefficient (Wildman–Crippen LogP) is 2.46. The van der Waals surface area contributed by atoms with E-state index in [0.717, 1.165) is 11.1 Å². The highest BCUT2D eigenvalue weighted by Crippen LogP contribution is 2.29. The van der Waals surface area contributed by atoms with Crippen molar-refractivity contribution in [2.45, 2.75) is 6.92 Å². The summed E-state index contributed by atoms with van der Waals surface area (Å²) in [4.78, 5) is 4.25. The number of hydrogen-bond acceptors (Lipinski definition) is 7. The van der Waals surface area contributed by atoms with Gasteiger partial charge in [-0.3, -0.25) is 0 Å². The Morgan fingerprint density at radius 3 is 2.70 bits per heavy atom. The highest BCUT2D eigenvalue weighted by atomic mass is 16.6. The maximum Gasteiger partial charge on any atom is 0.222 e. The molecular formula is C15H12N6O2. The third-order valence-corrected chi connectivity index (χ3v) is 3.45. The Morgan fingerprint density at radius 1 is 1.13 bits per heavy atom. The number of nitrogen functional groups attached to an aromatic ring is 1. The van der Waals surface area contributed by atoms with Gasteiger partial charge in [-0.25, -0.2) is 14.1 Å². The van der Waals surface area contributed by atoms with Gasteiger partial charge in [0.25, 0.3) is 0 Å². The Labute approximate surface area is 130 Å². The molecule has 3 aromatic heterocycles. The summed E-state index contributed by atoms with van der Waals surface area (Å²) in [5.41, 5.74) is 8.47. The van der Waals surface area contributed by atoms with E-state index in [0.29, 0.717) is 23.0 Å². The van der Waals surface area contributed by atoms with Gasteiger partial charge in [-0.2, -0.15) is 5.10 Å². The molecule has 0 saturated carbocycles. The van der Waals surface area contributed by atoms with E-state index in [1.165, 1.54) is 0 Å². The minimum atomic E-state index is 0.199. The summed E-state index contributed by atoms with van der Waals surface area (Å²) in [5, 5.41) is 11.8. The number of nitrogens with two attached hydrogens (primary N) is 1. The molecule has 3 heterocycles. The monoisotopic (exact) mass is 308 g/mol. The second kappa shape index (κ2) is 5.09. The summed E-state index contributed by atoms with van der Waals surface area (Å²) >= 11 is 0. The fraction of sp³-hybridized carbons (Fsp3) is 0.0667. The Balaban J connectivity index is 1.77. The molecule has 114 valence electrons. The van der Waals surface area contributed by atoms with Crippen LogP contribution in [0.5, 0.6) is 11.6 Å². The zero-order chi connectivity index (χ0) is 15.8. The van der Waals surface area contributed by atoms with Crippen molar-refractivity contribution in [1.82, 2.24) is 24.9 Å². The number of fused-ring (bicyclic) bond motifs is 1. The van der Waals surface area contributed by atoms with E-state index >= 15 is 0 Å². The molecule has 0 aliphatic carbocycles. The summed E-state index contributed by atoms with van der Waals surface area (Å²) in [6.07, 6.45) is 1.58. The average molecular weight is 308 g/mol. The number of ether oxygens (including phenoxy) is 1. The van der Waals surface area contributed by atoms with E-state index in [1.807, 2.05) is 43.3 Å². The fourth-order valence-corrected chi connectivity index (χ4v) is 2.31. The molecule has 0 amide bonds. The SMILES string of the molecule is Cc1c(-c2nonc2N)nn2cnc(Oc3ccccc3)cc12. The molecule has 0 aliphatic heterocycles. The number of hydrogen-bond donors (Lipinski definition) is 1. The molecule has 0 radical (unpaired) electrons. The highest BCUT2D eigenvalue weighted by Gasteiger charge is 2.18. The van der Waals surface area contributed by atoms with Crippen LogP contribution >= 0.6 is 0 Å². The van der Waals surface area contributed by atoms with Gasteiger partial charge in [0.05, 0.1) is 5.52 Å². The fourth-order valence-electron chi connectivity index (χ4n) is 2.31. The van der Waals surface area contributed by atoms with Crippen LogP contribution in [0.1, 0.15) is 5.56 Å². The van der Waals surface area contributed by atoms with Crippen LogP contribution in [0.25, 0.3) is 16.9 Å². The normalized spacial score (nSPS) is 11.0. The molecule has 8 heteroatoms. The maximum absolute atomic E-state index is 5.74. The molecule has 0 atom stereocenters. The number of para-hydroxylation sites is 1. The minimum Gasteiger partial charge on any atom is -0.439 e. The lowest BCUT2D eigenvalue weighted by Crippen LogP contribution is -1.93. The van der Waals surface area contributed by atoms with Crippen LogP contribution in [0.2, 0.25) is 0 Å². The van der Waals surface area contributed by atoms with E-state index in [4.69, 9.17) is 10.5 Å². The second-order valence-corrected chi connectivity index (χ2v) is 4.94. The first-order valence-corrected chi connectivity index (χ1v) is 6.88. The van der Waals surface area contributed by atoms with Crippen molar-refractivity contribution in [1.29, 1.82) is 0 Å². The van der Waals surface area contributed by atoms with Crippen LogP contribution in [-0.2, 0) is 0 Å². The predicted molar refractivity (Wildman–Crippen MR) is 81.9 cm³/mol. The molecule has 0 fully saturated rings. The van der Waals surface area contributed by atoms with Gasteiger partial charge in [0, 0.05) is 11.6 Å². The van der Waals surface area contributed by atoms with Crippen molar-refractivity contribution < 1.29 is 9.37 Å². The van der Waals surface area contributed by atoms with Crippen molar-refractivity contribution in [2.24, 2.45) is 0 Å². The molecule has 8 nitrogen and oxygen atoms in total. The lowest BCUT2D eigenvalue weighted by atomic mass is 10.2. The lowest BCUT2D eigenvalue weighted by molar-refractivity contribution is 0.310. The molecule has 1 aromatic carbocycles. The molecule has 0 spiro atoms. The summed E-state index contributed by atoms with van der Waals surface area (Å²) in [7, 11) is 0. The first-order valence-electron chi connectivity index (χ1n) is 6.88. The molecule has 2 N–H and O–H groups in total. The third kappa shape index (κ3) is 2.26. The second-order valence-electron chi connectivity index (χ2n) is 4.94. The number of aromatic nitrogens is 5. The van der Waals surface area contributed by atoms with Gasteiger partial charge in [-0.15, -0.1) is 0 Å². The zero-order valence-corrected chi connectivity index (χ0v) is 12.2. The molecule has 0 saturated heterocycles. The number of rotatable bonds is 3. The lowest BCUT2D eigenvalue weighted by Gasteiger charge is -2.04. The van der Waals surface area contributed by atoms with E-state index in [-0.39, 0.29) is 5.82 Å². The minimum absolute atomic E-state index is 0.199. The van der Waals surface area contributed by atoms with E-state index < -0.39 is 0 Å². The summed E-state index contributed by atoms with van der Waals surface area (Å²) < 4.78 is 12.0. The van der Waals surface area contributed by atoms with Crippen LogP contribution in [0.15, 0.2) is 47.4 Å². The van der Waals surface area contributed by atoms with Gasteiger partial charge in [0.1, 0.15) is 17.8 Å². The zero-order valence-electron chi connectivity index (χ0n) is 12.2. The average Bonchev–Trinajstić information content (AvgIpc) is 3.12. The van der Waals surface area contributed by atoms with Gasteiger partial charge >= 0.3 is 0 Å². The first kappa shape index (κ1) is 13.3. The number of benzene rings is 1. The van der Waals surface area contributed by atoms with Gasteiger partial charge in [-0.05, 0) is 29.4 Å². The molecule has 0 aliphatic rings. The van der Waals surface area contributed by atoms with Crippen molar-refractivity contribution >= 4 is 11.3 Å². The smallest absolute Gasteiger partial charge is 0.222 e. The molecular weight excluding hydrogens is 296 g/mol. The maximum atomic E-state index is 5.74. The quantitative estimate of drug-likeness (QED) is 0.619. The van der Waals surface area contributed by atoms with E-state index in [9.17, 15) is 0 Å². The van der Waals surface area contributed by atoms with Gasteiger partial charge in [-0.1, -0.05) is 18.2 Å². The van der Waals surface area contributed by atoms with Gasteiger partial charge < -0.3 is 10.5 Å². The van der Waals surface area contributed by atoms with E-state index in [2.05, 4.69) is 25.0 Å². The summed E-state index contributed by atoms with van der Waals surface area (Å²) in [6, 6.07) is 11.3. The van der Waals surface area contributed by atoms with Gasteiger partial charge in [0.2, 0.25) is 5.88 Å². The van der Waals surface area contributed by atoms with Crippen molar-refractivity contribution in [2.75, 3.05) is 5.73 Å². The Bertz CT molecular complexity index is 976. The van der Waals surface area contributed by atoms with Gasteiger partial charge in [0.15, 0.2) is 11.5 Å². The van der Waals surface area contributed by atoms with Crippen LogP contribution in [0.3, 0.4) is 0 Å². The standard InChI is InChI=1S/C15H12N6O2/c1-9-11-7-12(22-10-5-3-2-4-6-10)17-8-21(11)18-13(9)14-15(16)20-23-19-14/h2-8H,1H3,(H2,16,20). The summed E-state index contributed by atoms with van der Waals surface area (Å²) in [6.45, 7) is 1.91. The van der Waals surface area contributed by atoms with Crippen molar-refractivity contribution in [3.05, 3.63) is 48.3 Å². The van der Waals surface area contributed by atoms with E-state index in [1.54, 1.807) is 10.8 Å². The van der Waals surface area contributed by atoms with Crippen LogP contribution in [-0.4, -0.2) is 24.9 Å².